The predicted octanol–water partition coefficient (Wildman–Crippen LogP) is 5.17. The van der Waals surface area contributed by atoms with Crippen molar-refractivity contribution in [3.63, 3.8) is 0 Å². The van der Waals surface area contributed by atoms with Gasteiger partial charge in [-0.05, 0) is 42.0 Å². The number of thiol groups is 1. The normalized spacial score (nSPS) is 14.7. The number of fused-ring (bicyclic) bond motifs is 1. The van der Waals surface area contributed by atoms with Crippen LogP contribution in [0.15, 0.2) is 78.0 Å². The molecule has 9 nitrogen and oxygen atoms in total. The van der Waals surface area contributed by atoms with Crippen LogP contribution in [0, 0.1) is 0 Å². The molecule has 0 radical (unpaired) electrons. The molecule has 45 heavy (non-hydrogen) atoms. The van der Waals surface area contributed by atoms with Gasteiger partial charge in [0.15, 0.2) is 5.03 Å². The molecule has 5 rings (SSSR count). The molecule has 1 aliphatic heterocycles. The average molecular weight is 686 g/mol. The lowest BCUT2D eigenvalue weighted by atomic mass is 10.2. The zero-order chi connectivity index (χ0) is 31.6. The van der Waals surface area contributed by atoms with Gasteiger partial charge in [-0.25, -0.2) is 4.98 Å². The Labute approximate surface area is 279 Å². The summed E-state index contributed by atoms with van der Waals surface area (Å²) in [6.07, 6.45) is 2.18. The van der Waals surface area contributed by atoms with Gasteiger partial charge in [0, 0.05) is 73.4 Å². The molecule has 0 aliphatic carbocycles. The summed E-state index contributed by atoms with van der Waals surface area (Å²) in [5.74, 6) is 4.05. The first-order valence-electron chi connectivity index (χ1n) is 14.9. The fourth-order valence-corrected chi connectivity index (χ4v) is 8.39. The van der Waals surface area contributed by atoms with Crippen molar-refractivity contribution in [3.05, 3.63) is 84.2 Å². The maximum Gasteiger partial charge on any atom is 0.281 e. The first-order chi connectivity index (χ1) is 21.8. The van der Waals surface area contributed by atoms with Crippen molar-refractivity contribution >= 4 is 68.7 Å². The molecule has 0 spiro atoms. The van der Waals surface area contributed by atoms with Crippen LogP contribution in [0.1, 0.15) is 22.5 Å². The number of sulfonamides is 1. The van der Waals surface area contributed by atoms with Gasteiger partial charge in [-0.2, -0.15) is 44.6 Å². The fraction of sp³-hybridized carbons (Fsp3) is 0.375. The molecule has 2 N–H and O–H groups in total. The molecule has 240 valence electrons. The molecule has 0 saturated carbocycles. The number of nitrogens with zero attached hydrogens (tertiary/aromatic N) is 3. The number of amides is 1. The topological polar surface area (TPSA) is 108 Å². The van der Waals surface area contributed by atoms with Gasteiger partial charge in [-0.3, -0.25) is 9.10 Å². The van der Waals surface area contributed by atoms with Crippen LogP contribution in [-0.4, -0.2) is 91.5 Å². The summed E-state index contributed by atoms with van der Waals surface area (Å²) in [7, 11) is -2.50. The molecule has 1 unspecified atom stereocenters. The largest absolute Gasteiger partial charge is 0.493 e. The van der Waals surface area contributed by atoms with E-state index in [9.17, 15) is 13.2 Å². The molecule has 1 fully saturated rings. The summed E-state index contributed by atoms with van der Waals surface area (Å²) in [5.41, 5.74) is 2.48. The molecular formula is C32H39N5O4S4. The number of carbonyl (C=O) groups is 1. The molecule has 1 amide bonds. The second-order valence-corrected chi connectivity index (χ2v) is 15.6. The van der Waals surface area contributed by atoms with E-state index in [4.69, 9.17) is 4.74 Å². The van der Waals surface area contributed by atoms with Crippen LogP contribution in [0.2, 0.25) is 0 Å². The Hall–Kier alpha value is -2.84. The van der Waals surface area contributed by atoms with E-state index in [1.165, 1.54) is 29.2 Å². The minimum absolute atomic E-state index is 0.0714. The molecule has 1 saturated heterocycles. The number of nitrogens with one attached hydrogen (secondary N) is 2. The van der Waals surface area contributed by atoms with Crippen LogP contribution >= 0.6 is 36.2 Å². The van der Waals surface area contributed by atoms with E-state index in [1.54, 1.807) is 24.3 Å². The van der Waals surface area contributed by atoms with E-state index in [0.717, 1.165) is 43.3 Å². The summed E-state index contributed by atoms with van der Waals surface area (Å²) in [4.78, 5) is 23.3. The summed E-state index contributed by atoms with van der Waals surface area (Å²) in [6, 6.07) is 20.4. The van der Waals surface area contributed by atoms with Gasteiger partial charge in [-0.15, -0.1) is 0 Å². The van der Waals surface area contributed by atoms with Gasteiger partial charge in [0.25, 0.3) is 15.9 Å². The van der Waals surface area contributed by atoms with Gasteiger partial charge in [0.2, 0.25) is 0 Å². The van der Waals surface area contributed by atoms with Gasteiger partial charge >= 0.3 is 0 Å². The number of hydrogen-bond acceptors (Lipinski definition) is 9. The Balaban J connectivity index is 1.37. The lowest BCUT2D eigenvalue weighted by molar-refractivity contribution is 0.0948. The Morgan fingerprint density at radius 2 is 1.93 bits per heavy atom. The lowest BCUT2D eigenvalue weighted by Crippen LogP contribution is -2.42. The zero-order valence-corrected chi connectivity index (χ0v) is 28.6. The standard InChI is InChI=1S/C32H39N5O4S4/c1-36(45(39,40)30-10-5-6-11-33-30)29-20-26(41-14-7-15-42)18-25-19-28(35-31(25)29)32(38)34-21-27(22-37-12-16-43-17-13-37)44-23-24-8-3-2-4-9-24/h2-6,8-11,18-20,27,35,42H,7,12-17,21-23H2,1H3,(H,34,38). The molecule has 1 atom stereocenters. The van der Waals surface area contributed by atoms with Gasteiger partial charge < -0.3 is 19.9 Å². The smallest absolute Gasteiger partial charge is 0.281 e. The van der Waals surface area contributed by atoms with Crippen LogP contribution in [0.25, 0.3) is 10.9 Å². The van der Waals surface area contributed by atoms with Crippen LogP contribution in [-0.2, 0) is 15.8 Å². The molecule has 1 aliphatic rings. The summed E-state index contributed by atoms with van der Waals surface area (Å²) in [6.45, 7) is 3.95. The number of H-pyrrole nitrogens is 1. The van der Waals surface area contributed by atoms with Crippen molar-refractivity contribution < 1.29 is 17.9 Å². The van der Waals surface area contributed by atoms with E-state index >= 15 is 0 Å². The second-order valence-electron chi connectivity index (χ2n) is 10.7. The molecule has 2 aromatic heterocycles. The Bertz CT molecular complexity index is 1650. The quantitative estimate of drug-likeness (QED) is 0.116. The highest BCUT2D eigenvalue weighted by molar-refractivity contribution is 7.99. The van der Waals surface area contributed by atoms with E-state index in [1.807, 2.05) is 35.7 Å². The number of rotatable bonds is 15. The third-order valence-corrected chi connectivity index (χ3v) is 11.7. The summed E-state index contributed by atoms with van der Waals surface area (Å²) >= 11 is 8.09. The number of carbonyl (C=O) groups excluding carboxylic acids is 1. The van der Waals surface area contributed by atoms with Crippen LogP contribution in [0.5, 0.6) is 5.75 Å². The lowest BCUT2D eigenvalue weighted by Gasteiger charge is -2.30. The highest BCUT2D eigenvalue weighted by Crippen LogP contribution is 2.34. The van der Waals surface area contributed by atoms with Crippen LogP contribution in [0.3, 0.4) is 0 Å². The van der Waals surface area contributed by atoms with E-state index in [2.05, 4.69) is 57.1 Å². The van der Waals surface area contributed by atoms with Gasteiger partial charge in [0.1, 0.15) is 11.4 Å². The van der Waals surface area contributed by atoms with Gasteiger partial charge in [-0.1, -0.05) is 36.4 Å². The Kier molecular flexibility index (Phi) is 12.0. The van der Waals surface area contributed by atoms with Crippen molar-refractivity contribution in [1.29, 1.82) is 0 Å². The minimum atomic E-state index is -3.98. The number of benzene rings is 2. The maximum atomic E-state index is 13.5. The van der Waals surface area contributed by atoms with Gasteiger partial charge in [0.05, 0.1) is 17.8 Å². The first-order valence-corrected chi connectivity index (χ1v) is 19.2. The SMILES string of the molecule is CN(c1cc(OCCCS)cc2cc(C(=O)NCC(CN3CCSCC3)SCc3ccccc3)[nH]c12)S(=O)(=O)c1ccccn1. The fourth-order valence-electron chi connectivity index (χ4n) is 5.01. The van der Waals surface area contributed by atoms with Crippen molar-refractivity contribution in [2.75, 3.05) is 61.4 Å². The molecule has 0 bridgehead atoms. The summed E-state index contributed by atoms with van der Waals surface area (Å²) < 4.78 is 34.1. The predicted molar refractivity (Wildman–Crippen MR) is 190 cm³/mol. The number of hydrogen-bond donors (Lipinski definition) is 3. The number of thioether (sulfide) groups is 2. The molecular weight excluding hydrogens is 647 g/mol. The minimum Gasteiger partial charge on any atom is -0.493 e. The van der Waals surface area contributed by atoms with Crippen molar-refractivity contribution in [2.24, 2.45) is 0 Å². The molecule has 3 heterocycles. The number of aromatic nitrogens is 2. The van der Waals surface area contributed by atoms with Crippen LogP contribution in [0.4, 0.5) is 5.69 Å². The maximum absolute atomic E-state index is 13.5. The number of pyridine rings is 1. The van der Waals surface area contributed by atoms with E-state index in [0.29, 0.717) is 46.9 Å². The van der Waals surface area contributed by atoms with Crippen LogP contribution < -0.4 is 14.4 Å². The molecule has 2 aromatic carbocycles. The van der Waals surface area contributed by atoms with Crippen molar-refractivity contribution in [2.45, 2.75) is 22.4 Å². The van der Waals surface area contributed by atoms with E-state index in [-0.39, 0.29) is 16.2 Å². The Morgan fingerprint density at radius 3 is 2.67 bits per heavy atom. The third kappa shape index (κ3) is 8.91. The monoisotopic (exact) mass is 685 g/mol. The molecule has 13 heteroatoms. The average Bonchev–Trinajstić information content (AvgIpc) is 3.51. The summed E-state index contributed by atoms with van der Waals surface area (Å²) in [5, 5.41) is 3.95. The number of aromatic amines is 1. The third-order valence-electron chi connectivity index (χ3n) is 7.48. The second kappa shape index (κ2) is 16.1. The highest BCUT2D eigenvalue weighted by atomic mass is 32.2. The zero-order valence-electron chi connectivity index (χ0n) is 25.2. The Morgan fingerprint density at radius 1 is 1.16 bits per heavy atom. The molecule has 4 aromatic rings. The number of anilines is 1. The van der Waals surface area contributed by atoms with Crippen molar-refractivity contribution in [1.82, 2.24) is 20.2 Å². The first kappa shape index (κ1) is 33.5. The number of ether oxygens (including phenoxy) is 1. The van der Waals surface area contributed by atoms with Crippen molar-refractivity contribution in [3.8, 4) is 5.75 Å². The highest BCUT2D eigenvalue weighted by Gasteiger charge is 2.26. The van der Waals surface area contributed by atoms with E-state index < -0.39 is 10.0 Å².